The van der Waals surface area contributed by atoms with Crippen LogP contribution in [0.25, 0.3) is 11.0 Å². The monoisotopic (exact) mass is 310 g/mol. The zero-order chi connectivity index (χ0) is 16.4. The Morgan fingerprint density at radius 1 is 1.39 bits per heavy atom. The second-order valence-corrected chi connectivity index (χ2v) is 5.72. The van der Waals surface area contributed by atoms with Gasteiger partial charge in [-0.3, -0.25) is 0 Å². The van der Waals surface area contributed by atoms with Gasteiger partial charge in [0, 0.05) is 18.0 Å². The Kier molecular flexibility index (Phi) is 4.11. The molecule has 1 fully saturated rings. The number of nitrogens with zero attached hydrogens (tertiary/aromatic N) is 3. The van der Waals surface area contributed by atoms with Crippen molar-refractivity contribution in [2.45, 2.75) is 45.6 Å². The number of allylic oxidation sites excluding steroid dienone is 2. The summed E-state index contributed by atoms with van der Waals surface area (Å²) in [5.74, 6) is 3.72. The highest BCUT2D eigenvalue weighted by molar-refractivity contribution is 5.82. The number of nitrogens with one attached hydrogen (secondary N) is 1. The first-order valence-electron chi connectivity index (χ1n) is 7.78. The fraction of sp³-hybridized carbons (Fsp3) is 0.412. The van der Waals surface area contributed by atoms with Gasteiger partial charge in [0.05, 0.1) is 5.69 Å². The van der Waals surface area contributed by atoms with Crippen LogP contribution in [0.3, 0.4) is 0 Å². The minimum Gasteiger partial charge on any atom is -0.342 e. The van der Waals surface area contributed by atoms with Crippen LogP contribution in [0.4, 0.5) is 0 Å². The van der Waals surface area contributed by atoms with Crippen molar-refractivity contribution >= 4 is 22.9 Å². The third-order valence-corrected chi connectivity index (χ3v) is 4.19. The fourth-order valence-electron chi connectivity index (χ4n) is 3.16. The number of pyridine rings is 1. The number of hydrogen-bond donors (Lipinski definition) is 1. The molecule has 6 nitrogen and oxygen atoms in total. The molecule has 118 valence electrons. The summed E-state index contributed by atoms with van der Waals surface area (Å²) in [5, 5.41) is 8.48. The van der Waals surface area contributed by atoms with Crippen molar-refractivity contribution in [3.05, 3.63) is 34.9 Å². The largest absolute Gasteiger partial charge is 0.342 e. The molecule has 2 aromatic rings. The van der Waals surface area contributed by atoms with Crippen molar-refractivity contribution < 1.29 is 9.59 Å². The molecule has 0 bridgehead atoms. The van der Waals surface area contributed by atoms with Crippen LogP contribution in [0.15, 0.2) is 23.7 Å². The molecular formula is C17H18N4O2. The van der Waals surface area contributed by atoms with Gasteiger partial charge >= 0.3 is 0 Å². The minimum atomic E-state index is -0.287. The van der Waals surface area contributed by atoms with Crippen LogP contribution in [0.5, 0.6) is 0 Å². The lowest BCUT2D eigenvalue weighted by Crippen LogP contribution is -2.29. The van der Waals surface area contributed by atoms with E-state index in [1.165, 1.54) is 5.56 Å². The Bertz CT molecular complexity index is 855. The predicted octanol–water partition coefficient (Wildman–Crippen LogP) is 2.05. The molecule has 0 saturated carbocycles. The molecule has 1 saturated heterocycles. The van der Waals surface area contributed by atoms with Crippen molar-refractivity contribution in [1.29, 1.82) is 0 Å². The SMILES string of the molecule is CCCc1ccnc2c1c(C)nn2C1CCC(=C=O)NC1=C=O. The summed E-state index contributed by atoms with van der Waals surface area (Å²) >= 11 is 0. The fourth-order valence-corrected chi connectivity index (χ4v) is 3.16. The normalized spacial score (nSPS) is 17.7. The summed E-state index contributed by atoms with van der Waals surface area (Å²) in [6.07, 6.45) is 4.90. The Labute approximate surface area is 133 Å². The van der Waals surface area contributed by atoms with E-state index in [9.17, 15) is 9.59 Å². The third-order valence-electron chi connectivity index (χ3n) is 4.19. The van der Waals surface area contributed by atoms with E-state index in [0.717, 1.165) is 29.6 Å². The molecular weight excluding hydrogens is 292 g/mol. The average Bonchev–Trinajstić information content (AvgIpc) is 2.92. The third kappa shape index (κ3) is 2.59. The molecule has 1 aliphatic rings. The Balaban J connectivity index is 2.12. The number of aryl methyl sites for hydroxylation is 2. The minimum absolute atomic E-state index is 0.287. The molecule has 23 heavy (non-hydrogen) atoms. The topological polar surface area (TPSA) is 76.9 Å². The molecule has 1 unspecified atom stereocenters. The van der Waals surface area contributed by atoms with Gasteiger partial charge in [0.2, 0.25) is 0 Å². The lowest BCUT2D eigenvalue weighted by molar-refractivity contribution is 0.436. The molecule has 3 heterocycles. The highest BCUT2D eigenvalue weighted by Crippen LogP contribution is 2.31. The molecule has 0 spiro atoms. The highest BCUT2D eigenvalue weighted by Gasteiger charge is 2.28. The molecule has 1 atom stereocenters. The van der Waals surface area contributed by atoms with Gasteiger partial charge in [-0.2, -0.15) is 5.10 Å². The number of aromatic nitrogens is 3. The summed E-state index contributed by atoms with van der Waals surface area (Å²) in [6.45, 7) is 4.09. The van der Waals surface area contributed by atoms with Gasteiger partial charge in [0.15, 0.2) is 5.65 Å². The lowest BCUT2D eigenvalue weighted by atomic mass is 10.0. The first-order valence-corrected chi connectivity index (χ1v) is 7.78. The first-order chi connectivity index (χ1) is 11.2. The van der Waals surface area contributed by atoms with Crippen molar-refractivity contribution in [2.75, 3.05) is 0 Å². The molecule has 0 aliphatic carbocycles. The second kappa shape index (κ2) is 6.21. The number of piperidine rings is 1. The van der Waals surface area contributed by atoms with E-state index in [1.54, 1.807) is 10.9 Å². The smallest absolute Gasteiger partial charge is 0.158 e. The summed E-state index contributed by atoms with van der Waals surface area (Å²) < 4.78 is 1.78. The van der Waals surface area contributed by atoms with Gasteiger partial charge < -0.3 is 5.32 Å². The van der Waals surface area contributed by atoms with Gasteiger partial charge in [0.25, 0.3) is 0 Å². The molecule has 0 radical (unpaired) electrons. The quantitative estimate of drug-likeness (QED) is 0.878. The Hall–Kier alpha value is -2.68. The van der Waals surface area contributed by atoms with Crippen LogP contribution >= 0.6 is 0 Å². The maximum Gasteiger partial charge on any atom is 0.158 e. The van der Waals surface area contributed by atoms with Crippen LogP contribution in [0.1, 0.15) is 43.5 Å². The Morgan fingerprint density at radius 2 is 2.22 bits per heavy atom. The van der Waals surface area contributed by atoms with Crippen molar-refractivity contribution in [1.82, 2.24) is 20.1 Å². The standard InChI is InChI=1S/C17H18N4O2/c1-3-4-12-7-8-18-17-16(12)11(2)20-21(17)15-6-5-13(9-22)19-14(15)10-23/h7-8,15,19H,3-6H2,1-2H3. The second-order valence-electron chi connectivity index (χ2n) is 5.72. The van der Waals surface area contributed by atoms with Gasteiger partial charge in [-0.25, -0.2) is 19.3 Å². The lowest BCUT2D eigenvalue weighted by Gasteiger charge is -2.25. The van der Waals surface area contributed by atoms with Crippen LogP contribution in [0, 0.1) is 6.92 Å². The van der Waals surface area contributed by atoms with E-state index in [-0.39, 0.29) is 6.04 Å². The van der Waals surface area contributed by atoms with Gasteiger partial charge in [0.1, 0.15) is 29.3 Å². The molecule has 2 aromatic heterocycles. The molecule has 6 heteroatoms. The summed E-state index contributed by atoms with van der Waals surface area (Å²) in [4.78, 5) is 26.6. The number of rotatable bonds is 3. The van der Waals surface area contributed by atoms with Gasteiger partial charge in [-0.05, 0) is 31.4 Å². The number of fused-ring (bicyclic) bond motifs is 1. The number of carbonyl (C=O) groups excluding carboxylic acids is 2. The van der Waals surface area contributed by atoms with Crippen LogP contribution in [-0.2, 0) is 16.0 Å². The maximum atomic E-state index is 11.3. The van der Waals surface area contributed by atoms with Crippen LogP contribution in [0.2, 0.25) is 0 Å². The van der Waals surface area contributed by atoms with E-state index < -0.39 is 0 Å². The molecule has 1 aliphatic heterocycles. The number of hydrogen-bond acceptors (Lipinski definition) is 5. The summed E-state index contributed by atoms with van der Waals surface area (Å²) in [7, 11) is 0. The Morgan fingerprint density at radius 3 is 2.91 bits per heavy atom. The van der Waals surface area contributed by atoms with E-state index in [2.05, 4.69) is 22.3 Å². The molecule has 3 rings (SSSR count). The van der Waals surface area contributed by atoms with Crippen LogP contribution in [-0.4, -0.2) is 26.6 Å². The zero-order valence-electron chi connectivity index (χ0n) is 13.2. The van der Waals surface area contributed by atoms with E-state index in [1.807, 2.05) is 24.9 Å². The van der Waals surface area contributed by atoms with E-state index >= 15 is 0 Å². The first kappa shape index (κ1) is 15.2. The van der Waals surface area contributed by atoms with Crippen molar-refractivity contribution in [3.63, 3.8) is 0 Å². The molecule has 0 aromatic carbocycles. The van der Waals surface area contributed by atoms with Gasteiger partial charge in [-0.1, -0.05) is 13.3 Å². The molecule has 0 amide bonds. The molecule has 1 N–H and O–H groups in total. The zero-order valence-corrected chi connectivity index (χ0v) is 13.2. The van der Waals surface area contributed by atoms with Crippen molar-refractivity contribution in [3.8, 4) is 0 Å². The van der Waals surface area contributed by atoms with Gasteiger partial charge in [-0.15, -0.1) is 0 Å². The maximum absolute atomic E-state index is 11.3. The summed E-state index contributed by atoms with van der Waals surface area (Å²) in [6, 6.07) is 1.73. The van der Waals surface area contributed by atoms with Crippen LogP contribution < -0.4 is 5.32 Å². The highest BCUT2D eigenvalue weighted by atomic mass is 16.1. The average molecular weight is 310 g/mol. The van der Waals surface area contributed by atoms with E-state index in [4.69, 9.17) is 0 Å². The predicted molar refractivity (Wildman–Crippen MR) is 86.1 cm³/mol. The van der Waals surface area contributed by atoms with E-state index in [0.29, 0.717) is 24.2 Å². The van der Waals surface area contributed by atoms with Crippen molar-refractivity contribution in [2.24, 2.45) is 0 Å². The summed E-state index contributed by atoms with van der Waals surface area (Å²) in [5.41, 5.74) is 3.58.